The van der Waals surface area contributed by atoms with Crippen LogP contribution < -0.4 is 0 Å². The van der Waals surface area contributed by atoms with Crippen LogP contribution in [0.5, 0.6) is 0 Å². The Kier molecular flexibility index (Phi) is 3.30. The molecule has 84 valence electrons. The Morgan fingerprint density at radius 3 is 2.18 bits per heavy atom. The van der Waals surface area contributed by atoms with E-state index in [4.69, 9.17) is 11.6 Å². The minimum atomic E-state index is -0.648. The molecule has 1 heterocycles. The lowest BCUT2D eigenvalue weighted by Gasteiger charge is -2.03. The topological polar surface area (TPSA) is 47.0 Å². The standard InChI is InChI=1S/C13H8ClNO2/c14-13(17)10-6-2-1-5-9(10)12(16)11-7-3-4-8-15-11/h1-8H. The molecule has 0 spiro atoms. The first-order valence-electron chi connectivity index (χ1n) is 4.95. The maximum atomic E-state index is 12.1. The van der Waals surface area contributed by atoms with E-state index in [2.05, 4.69) is 4.98 Å². The molecule has 0 radical (unpaired) electrons. The van der Waals surface area contributed by atoms with E-state index in [0.717, 1.165) is 0 Å². The summed E-state index contributed by atoms with van der Waals surface area (Å²) in [5, 5.41) is -0.648. The van der Waals surface area contributed by atoms with Crippen molar-refractivity contribution in [2.75, 3.05) is 0 Å². The van der Waals surface area contributed by atoms with Gasteiger partial charge in [0.05, 0.1) is 0 Å². The van der Waals surface area contributed by atoms with Crippen LogP contribution in [0.15, 0.2) is 48.7 Å². The molecule has 4 heteroatoms. The third kappa shape index (κ3) is 2.40. The number of benzene rings is 1. The molecular weight excluding hydrogens is 238 g/mol. The fraction of sp³-hybridized carbons (Fsp3) is 0. The summed E-state index contributed by atoms with van der Waals surface area (Å²) in [4.78, 5) is 27.2. The second kappa shape index (κ2) is 4.89. The molecule has 0 saturated heterocycles. The van der Waals surface area contributed by atoms with Crippen molar-refractivity contribution < 1.29 is 9.59 Å². The van der Waals surface area contributed by atoms with Crippen LogP contribution in [-0.2, 0) is 0 Å². The van der Waals surface area contributed by atoms with Crippen molar-refractivity contribution in [3.63, 3.8) is 0 Å². The minimum Gasteiger partial charge on any atom is -0.287 e. The zero-order valence-corrected chi connectivity index (χ0v) is 9.52. The Balaban J connectivity index is 2.48. The number of pyridine rings is 1. The number of carbonyl (C=O) groups is 2. The normalized spacial score (nSPS) is 9.94. The second-order valence-corrected chi connectivity index (χ2v) is 3.71. The molecule has 0 amide bonds. The van der Waals surface area contributed by atoms with Crippen LogP contribution in [0.3, 0.4) is 0 Å². The van der Waals surface area contributed by atoms with Gasteiger partial charge in [0.25, 0.3) is 5.24 Å². The molecule has 0 fully saturated rings. The zero-order valence-electron chi connectivity index (χ0n) is 8.76. The maximum absolute atomic E-state index is 12.1. The molecule has 0 atom stereocenters. The summed E-state index contributed by atoms with van der Waals surface area (Å²) in [6, 6.07) is 11.4. The predicted molar refractivity (Wildman–Crippen MR) is 64.3 cm³/mol. The van der Waals surface area contributed by atoms with Gasteiger partial charge in [-0.05, 0) is 29.8 Å². The van der Waals surface area contributed by atoms with Crippen molar-refractivity contribution in [2.24, 2.45) is 0 Å². The van der Waals surface area contributed by atoms with Gasteiger partial charge in [0, 0.05) is 17.3 Å². The Morgan fingerprint density at radius 1 is 0.941 bits per heavy atom. The first-order valence-corrected chi connectivity index (χ1v) is 5.32. The number of carbonyl (C=O) groups excluding carboxylic acids is 2. The molecule has 1 aromatic carbocycles. The molecule has 0 aliphatic carbocycles. The lowest BCUT2D eigenvalue weighted by atomic mass is 10.0. The molecule has 0 unspecified atom stereocenters. The van der Waals surface area contributed by atoms with Gasteiger partial charge in [-0.25, -0.2) is 0 Å². The number of ketones is 1. The Morgan fingerprint density at radius 2 is 1.59 bits per heavy atom. The first-order chi connectivity index (χ1) is 8.20. The summed E-state index contributed by atoms with van der Waals surface area (Å²) < 4.78 is 0. The van der Waals surface area contributed by atoms with Crippen LogP contribution >= 0.6 is 11.6 Å². The van der Waals surface area contributed by atoms with E-state index >= 15 is 0 Å². The van der Waals surface area contributed by atoms with Gasteiger partial charge in [0.15, 0.2) is 0 Å². The van der Waals surface area contributed by atoms with Crippen LogP contribution in [0, 0.1) is 0 Å². The number of hydrogen-bond acceptors (Lipinski definition) is 3. The highest BCUT2D eigenvalue weighted by Gasteiger charge is 2.17. The van der Waals surface area contributed by atoms with E-state index in [-0.39, 0.29) is 22.6 Å². The zero-order chi connectivity index (χ0) is 12.3. The van der Waals surface area contributed by atoms with Crippen molar-refractivity contribution in [3.05, 3.63) is 65.5 Å². The van der Waals surface area contributed by atoms with Gasteiger partial charge in [-0.15, -0.1) is 0 Å². The molecule has 0 bridgehead atoms. The van der Waals surface area contributed by atoms with E-state index in [9.17, 15) is 9.59 Å². The fourth-order valence-electron chi connectivity index (χ4n) is 1.49. The molecule has 2 rings (SSSR count). The monoisotopic (exact) mass is 245 g/mol. The van der Waals surface area contributed by atoms with E-state index in [1.165, 1.54) is 12.3 Å². The van der Waals surface area contributed by atoms with Crippen molar-refractivity contribution in [2.45, 2.75) is 0 Å². The molecule has 0 saturated carbocycles. The average Bonchev–Trinajstić information content (AvgIpc) is 2.39. The molecular formula is C13H8ClNO2. The highest BCUT2D eigenvalue weighted by molar-refractivity contribution is 6.68. The molecule has 0 N–H and O–H groups in total. The minimum absolute atomic E-state index is 0.199. The van der Waals surface area contributed by atoms with Crippen LogP contribution in [-0.4, -0.2) is 16.0 Å². The van der Waals surface area contributed by atoms with Gasteiger partial charge < -0.3 is 0 Å². The number of nitrogens with zero attached hydrogens (tertiary/aromatic N) is 1. The van der Waals surface area contributed by atoms with Crippen molar-refractivity contribution in [3.8, 4) is 0 Å². The maximum Gasteiger partial charge on any atom is 0.253 e. The van der Waals surface area contributed by atoms with Gasteiger partial charge in [0.2, 0.25) is 5.78 Å². The molecule has 0 aliphatic heterocycles. The third-order valence-corrected chi connectivity index (χ3v) is 2.48. The van der Waals surface area contributed by atoms with Gasteiger partial charge >= 0.3 is 0 Å². The van der Waals surface area contributed by atoms with E-state index in [0.29, 0.717) is 0 Å². The van der Waals surface area contributed by atoms with E-state index in [1.54, 1.807) is 36.4 Å². The van der Waals surface area contributed by atoms with Crippen LogP contribution in [0.1, 0.15) is 26.4 Å². The van der Waals surface area contributed by atoms with Crippen molar-refractivity contribution >= 4 is 22.6 Å². The molecule has 17 heavy (non-hydrogen) atoms. The van der Waals surface area contributed by atoms with Crippen LogP contribution in [0.25, 0.3) is 0 Å². The van der Waals surface area contributed by atoms with E-state index < -0.39 is 5.24 Å². The highest BCUT2D eigenvalue weighted by atomic mass is 35.5. The summed E-state index contributed by atoms with van der Waals surface area (Å²) in [5.41, 5.74) is 0.758. The second-order valence-electron chi connectivity index (χ2n) is 3.36. The van der Waals surface area contributed by atoms with Crippen molar-refractivity contribution in [1.29, 1.82) is 0 Å². The molecule has 3 nitrogen and oxygen atoms in total. The number of halogens is 1. The fourth-order valence-corrected chi connectivity index (χ4v) is 1.65. The summed E-state index contributed by atoms with van der Waals surface area (Å²) in [5.74, 6) is -0.310. The highest BCUT2D eigenvalue weighted by Crippen LogP contribution is 2.15. The predicted octanol–water partition coefficient (Wildman–Crippen LogP) is 2.69. The van der Waals surface area contributed by atoms with Gasteiger partial charge in [-0.1, -0.05) is 24.3 Å². The molecule has 2 aromatic rings. The number of aromatic nitrogens is 1. The molecule has 0 aliphatic rings. The Bertz CT molecular complexity index is 567. The summed E-state index contributed by atoms with van der Waals surface area (Å²) in [6.07, 6.45) is 1.53. The lowest BCUT2D eigenvalue weighted by Crippen LogP contribution is -2.08. The summed E-state index contributed by atoms with van der Waals surface area (Å²) in [7, 11) is 0. The number of hydrogen-bond donors (Lipinski definition) is 0. The molecule has 1 aromatic heterocycles. The van der Waals surface area contributed by atoms with Crippen LogP contribution in [0.2, 0.25) is 0 Å². The smallest absolute Gasteiger partial charge is 0.253 e. The van der Waals surface area contributed by atoms with Crippen LogP contribution in [0.4, 0.5) is 0 Å². The third-order valence-electron chi connectivity index (χ3n) is 2.28. The van der Waals surface area contributed by atoms with Gasteiger partial charge in [-0.2, -0.15) is 0 Å². The number of rotatable bonds is 3. The first kappa shape index (κ1) is 11.5. The largest absolute Gasteiger partial charge is 0.287 e. The Labute approximate surface area is 103 Å². The van der Waals surface area contributed by atoms with Gasteiger partial charge in [0.1, 0.15) is 5.69 Å². The van der Waals surface area contributed by atoms with Crippen molar-refractivity contribution in [1.82, 2.24) is 4.98 Å². The SMILES string of the molecule is O=C(Cl)c1ccccc1C(=O)c1ccccn1. The summed E-state index contributed by atoms with van der Waals surface area (Å²) >= 11 is 5.43. The lowest BCUT2D eigenvalue weighted by molar-refractivity contribution is 0.101. The summed E-state index contributed by atoms with van der Waals surface area (Å²) in [6.45, 7) is 0. The quantitative estimate of drug-likeness (QED) is 0.617. The average molecular weight is 246 g/mol. The Hall–Kier alpha value is -2.00. The van der Waals surface area contributed by atoms with E-state index in [1.807, 2.05) is 0 Å². The van der Waals surface area contributed by atoms with Gasteiger partial charge in [-0.3, -0.25) is 14.6 Å².